The summed E-state index contributed by atoms with van der Waals surface area (Å²) in [7, 11) is 1.48. The number of benzene rings is 3. The van der Waals surface area contributed by atoms with Crippen molar-refractivity contribution in [2.45, 2.75) is 0 Å². The van der Waals surface area contributed by atoms with Crippen molar-refractivity contribution in [1.29, 1.82) is 0 Å². The normalized spacial score (nSPS) is 11.2. The number of halogens is 3. The number of H-pyrrole nitrogens is 1. The van der Waals surface area contributed by atoms with Crippen molar-refractivity contribution in [2.75, 3.05) is 7.11 Å². The Morgan fingerprint density at radius 3 is 2.20 bits per heavy atom. The molecule has 0 aliphatic carbocycles. The van der Waals surface area contributed by atoms with Gasteiger partial charge in [-0.2, -0.15) is 0 Å². The Balaban J connectivity index is 1.70. The molecule has 5 aromatic rings. The average molecular weight is 529 g/mol. The molecule has 0 unspecified atom stereocenters. The summed E-state index contributed by atoms with van der Waals surface area (Å²) in [6.07, 6.45) is 0. The first-order valence-electron chi connectivity index (χ1n) is 10.3. The van der Waals surface area contributed by atoms with E-state index < -0.39 is 11.2 Å². The number of aromatic amines is 1. The zero-order chi connectivity index (χ0) is 24.9. The highest BCUT2D eigenvalue weighted by Crippen LogP contribution is 2.37. The van der Waals surface area contributed by atoms with E-state index in [4.69, 9.17) is 39.5 Å². The summed E-state index contributed by atoms with van der Waals surface area (Å²) in [5.74, 6) is 0.373. The number of phenols is 1. The van der Waals surface area contributed by atoms with Gasteiger partial charge in [-0.15, -0.1) is 0 Å². The lowest BCUT2D eigenvalue weighted by molar-refractivity contribution is 0.374. The third-order valence-electron chi connectivity index (χ3n) is 5.62. The molecule has 2 N–H and O–H groups in total. The molecule has 10 heteroatoms. The first-order chi connectivity index (χ1) is 16.8. The van der Waals surface area contributed by atoms with Crippen LogP contribution in [0.15, 0.2) is 76.3 Å². The number of nitrogens with zero attached hydrogens (tertiary/aromatic N) is 2. The van der Waals surface area contributed by atoms with Gasteiger partial charge in [0, 0.05) is 11.3 Å². The quantitative estimate of drug-likeness (QED) is 0.308. The number of fused-ring (bicyclic) bond motifs is 1. The van der Waals surface area contributed by atoms with Crippen LogP contribution in [0.4, 0.5) is 0 Å². The molecule has 176 valence electrons. The predicted molar refractivity (Wildman–Crippen MR) is 138 cm³/mol. The summed E-state index contributed by atoms with van der Waals surface area (Å²) < 4.78 is 7.60. The van der Waals surface area contributed by atoms with Crippen molar-refractivity contribution in [3.05, 3.63) is 103 Å². The Kier molecular flexibility index (Phi) is 5.84. The molecule has 0 amide bonds. The van der Waals surface area contributed by atoms with Gasteiger partial charge in [0.2, 0.25) is 0 Å². The summed E-state index contributed by atoms with van der Waals surface area (Å²) in [5, 5.41) is 11.0. The van der Waals surface area contributed by atoms with Crippen molar-refractivity contribution < 1.29 is 9.84 Å². The molecule has 0 atom stereocenters. The number of hydrogen-bond donors (Lipinski definition) is 2. The number of para-hydroxylation sites is 2. The fraction of sp³-hybridized carbons (Fsp3) is 0.0400. The van der Waals surface area contributed by atoms with Crippen LogP contribution in [0.3, 0.4) is 0 Å². The van der Waals surface area contributed by atoms with Crippen molar-refractivity contribution in [2.24, 2.45) is 0 Å². The van der Waals surface area contributed by atoms with Crippen LogP contribution in [0.1, 0.15) is 0 Å². The van der Waals surface area contributed by atoms with E-state index in [2.05, 4.69) is 4.98 Å². The minimum atomic E-state index is -0.699. The van der Waals surface area contributed by atoms with Gasteiger partial charge in [-0.25, -0.2) is 9.36 Å². The highest BCUT2D eigenvalue weighted by atomic mass is 35.5. The number of phenolic OH excluding ortho intramolecular Hbond substituents is 1. The molecule has 0 spiro atoms. The summed E-state index contributed by atoms with van der Waals surface area (Å²) >= 11 is 19.0. The molecule has 3 aromatic carbocycles. The molecule has 0 bridgehead atoms. The van der Waals surface area contributed by atoms with Crippen LogP contribution >= 0.6 is 34.8 Å². The Labute approximate surface area is 213 Å². The zero-order valence-corrected chi connectivity index (χ0v) is 20.3. The Hall–Kier alpha value is -3.65. The van der Waals surface area contributed by atoms with Gasteiger partial charge >= 0.3 is 5.69 Å². The second kappa shape index (κ2) is 8.85. The summed E-state index contributed by atoms with van der Waals surface area (Å²) in [4.78, 5) is 29.0. The third-order valence-corrected chi connectivity index (χ3v) is 6.51. The molecular formula is C25H16Cl3N3O4. The van der Waals surface area contributed by atoms with E-state index in [-0.39, 0.29) is 37.7 Å². The van der Waals surface area contributed by atoms with Crippen LogP contribution < -0.4 is 16.0 Å². The molecule has 2 aromatic heterocycles. The third kappa shape index (κ3) is 3.78. The van der Waals surface area contributed by atoms with Crippen molar-refractivity contribution in [3.8, 4) is 34.0 Å². The SMILES string of the molecule is COc1cccc(-c2ccc(-n3c(Cl)cc4[nH]c(=O)n(-c5c(Cl)cccc5Cl)c(=O)c43)cc2)c1O. The summed E-state index contributed by atoms with van der Waals surface area (Å²) in [5.41, 5.74) is 1.02. The highest BCUT2D eigenvalue weighted by Gasteiger charge is 2.20. The molecule has 5 rings (SSSR count). The van der Waals surface area contributed by atoms with Gasteiger partial charge < -0.3 is 14.8 Å². The van der Waals surface area contributed by atoms with E-state index in [1.165, 1.54) is 29.9 Å². The van der Waals surface area contributed by atoms with Crippen LogP contribution in [0.2, 0.25) is 15.2 Å². The fourth-order valence-electron chi connectivity index (χ4n) is 4.02. The maximum Gasteiger partial charge on any atom is 0.333 e. The first-order valence-corrected chi connectivity index (χ1v) is 11.4. The van der Waals surface area contributed by atoms with Gasteiger partial charge in [0.25, 0.3) is 5.56 Å². The molecule has 0 saturated heterocycles. The molecule has 0 aliphatic rings. The lowest BCUT2D eigenvalue weighted by Gasteiger charge is -2.12. The van der Waals surface area contributed by atoms with Gasteiger partial charge in [0.05, 0.1) is 28.4 Å². The molecule has 7 nitrogen and oxygen atoms in total. The van der Waals surface area contributed by atoms with Crippen LogP contribution in [0.5, 0.6) is 11.5 Å². The fourth-order valence-corrected chi connectivity index (χ4v) is 4.88. The average Bonchev–Trinajstić information content (AvgIpc) is 3.17. The molecule has 0 radical (unpaired) electrons. The number of hydrogen-bond acceptors (Lipinski definition) is 4. The molecule has 2 heterocycles. The van der Waals surface area contributed by atoms with E-state index in [9.17, 15) is 14.7 Å². The lowest BCUT2D eigenvalue weighted by atomic mass is 10.0. The Morgan fingerprint density at radius 2 is 1.54 bits per heavy atom. The van der Waals surface area contributed by atoms with Gasteiger partial charge in [0.1, 0.15) is 10.7 Å². The first kappa shape index (κ1) is 23.1. The smallest absolute Gasteiger partial charge is 0.333 e. The van der Waals surface area contributed by atoms with Crippen LogP contribution in [0, 0.1) is 0 Å². The number of aromatic nitrogens is 3. The van der Waals surface area contributed by atoms with Crippen molar-refractivity contribution in [3.63, 3.8) is 0 Å². The maximum atomic E-state index is 13.6. The molecule has 0 aliphatic heterocycles. The monoisotopic (exact) mass is 527 g/mol. The van der Waals surface area contributed by atoms with Gasteiger partial charge in [-0.3, -0.25) is 9.36 Å². The number of nitrogens with one attached hydrogen (secondary N) is 1. The topological polar surface area (TPSA) is 89.2 Å². The molecule has 0 fully saturated rings. The number of ether oxygens (including phenoxy) is 1. The minimum absolute atomic E-state index is 0.0178. The predicted octanol–water partition coefficient (Wildman–Crippen LogP) is 5.81. The second-order valence-corrected chi connectivity index (χ2v) is 8.81. The molecular weight excluding hydrogens is 513 g/mol. The van der Waals surface area contributed by atoms with Gasteiger partial charge in [-0.05, 0) is 42.0 Å². The van der Waals surface area contributed by atoms with E-state index in [1.54, 1.807) is 48.5 Å². The maximum absolute atomic E-state index is 13.6. The van der Waals surface area contributed by atoms with E-state index in [0.717, 1.165) is 10.1 Å². The molecule has 0 saturated carbocycles. The lowest BCUT2D eigenvalue weighted by Crippen LogP contribution is -2.34. The standard InChI is InChI=1S/C25H16Cl3N3O4/c1-35-19-7-2-4-15(23(19)32)13-8-10-14(11-9-13)30-20(28)12-18-22(30)24(33)31(25(34)29-18)21-16(26)5-3-6-17(21)27/h2-12,32H,1H3,(H,29,34). The minimum Gasteiger partial charge on any atom is -0.504 e. The van der Waals surface area contributed by atoms with Crippen LogP contribution in [0.25, 0.3) is 33.5 Å². The van der Waals surface area contributed by atoms with E-state index in [0.29, 0.717) is 17.0 Å². The summed E-state index contributed by atoms with van der Waals surface area (Å²) in [6, 6.07) is 18.5. The zero-order valence-electron chi connectivity index (χ0n) is 18.1. The molecule has 35 heavy (non-hydrogen) atoms. The highest BCUT2D eigenvalue weighted by molar-refractivity contribution is 6.37. The van der Waals surface area contributed by atoms with Crippen molar-refractivity contribution in [1.82, 2.24) is 14.1 Å². The summed E-state index contributed by atoms with van der Waals surface area (Å²) in [6.45, 7) is 0. The number of rotatable bonds is 4. The van der Waals surface area contributed by atoms with Gasteiger partial charge in [-0.1, -0.05) is 65.1 Å². The number of methoxy groups -OCH3 is 1. The largest absolute Gasteiger partial charge is 0.504 e. The van der Waals surface area contributed by atoms with Crippen LogP contribution in [-0.2, 0) is 0 Å². The van der Waals surface area contributed by atoms with E-state index in [1.807, 2.05) is 0 Å². The van der Waals surface area contributed by atoms with Crippen molar-refractivity contribution >= 4 is 45.8 Å². The second-order valence-electron chi connectivity index (χ2n) is 7.61. The van der Waals surface area contributed by atoms with Crippen LogP contribution in [-0.4, -0.2) is 26.3 Å². The Morgan fingerprint density at radius 1 is 0.886 bits per heavy atom. The van der Waals surface area contributed by atoms with Gasteiger partial charge in [0.15, 0.2) is 11.5 Å². The number of aromatic hydroxyl groups is 1. The Bertz CT molecular complexity index is 1700. The van der Waals surface area contributed by atoms with E-state index >= 15 is 0 Å².